The summed E-state index contributed by atoms with van der Waals surface area (Å²) in [7, 11) is 0. The molecule has 0 saturated carbocycles. The number of hydrogen-bond donors (Lipinski definition) is 1. The van der Waals surface area contributed by atoms with Gasteiger partial charge in [-0.1, -0.05) is 0 Å². The maximum Gasteiger partial charge on any atom is 0.422 e. The summed E-state index contributed by atoms with van der Waals surface area (Å²) >= 11 is 0. The van der Waals surface area contributed by atoms with Gasteiger partial charge in [-0.3, -0.25) is 14.3 Å². The van der Waals surface area contributed by atoms with Gasteiger partial charge < -0.3 is 15.0 Å². The number of aromatic nitrogens is 4. The number of pyridine rings is 2. The van der Waals surface area contributed by atoms with Crippen LogP contribution in [0.2, 0.25) is 0 Å². The van der Waals surface area contributed by atoms with Crippen molar-refractivity contribution < 1.29 is 27.5 Å². The van der Waals surface area contributed by atoms with Crippen molar-refractivity contribution in [3.05, 3.63) is 41.9 Å². The van der Waals surface area contributed by atoms with Gasteiger partial charge in [0, 0.05) is 37.6 Å². The zero-order valence-corrected chi connectivity index (χ0v) is 18.6. The number of likely N-dealkylation sites (tertiary alicyclic amines) is 1. The van der Waals surface area contributed by atoms with Gasteiger partial charge in [-0.05, 0) is 37.5 Å². The maximum atomic E-state index is 12.8. The fourth-order valence-corrected chi connectivity index (χ4v) is 3.99. The lowest BCUT2D eigenvalue weighted by molar-refractivity contribution is -0.154. The zero-order chi connectivity index (χ0) is 24.5. The van der Waals surface area contributed by atoms with Crippen LogP contribution in [0.15, 0.2) is 30.7 Å². The smallest absolute Gasteiger partial charge is 0.422 e. The fraction of sp³-hybridized carbons (Fsp3) is 0.409. The molecule has 1 saturated heterocycles. The van der Waals surface area contributed by atoms with Crippen LogP contribution in [-0.4, -0.2) is 61.8 Å². The minimum atomic E-state index is -4.44. The van der Waals surface area contributed by atoms with Gasteiger partial charge in [0.25, 0.3) is 0 Å². The number of aryl methyl sites for hydroxylation is 1. The Bertz CT molecular complexity index is 1230. The highest BCUT2D eigenvalue weighted by molar-refractivity contribution is 6.02. The lowest BCUT2D eigenvalue weighted by Gasteiger charge is -2.22. The normalized spacial score (nSPS) is 16.1. The van der Waals surface area contributed by atoms with Crippen molar-refractivity contribution in [1.82, 2.24) is 24.6 Å². The molecule has 34 heavy (non-hydrogen) atoms. The largest absolute Gasteiger partial charge is 0.468 e. The molecular formula is C22H23F3N6O3. The first-order chi connectivity index (χ1) is 16.1. The molecular weight excluding hydrogens is 453 g/mol. The summed E-state index contributed by atoms with van der Waals surface area (Å²) in [5, 5.41) is 7.93. The third-order valence-corrected chi connectivity index (χ3v) is 5.49. The molecule has 0 unspecified atom stereocenters. The second kappa shape index (κ2) is 9.27. The average molecular weight is 476 g/mol. The SMILES string of the molecule is CC(=O)N1CCC[C@@H]1C(=O)Nc1nccc2nn(Cc3cnc(OCC(F)(F)F)c(C)c3)cc12. The molecule has 3 aromatic rings. The van der Waals surface area contributed by atoms with E-state index in [9.17, 15) is 22.8 Å². The van der Waals surface area contributed by atoms with E-state index in [2.05, 4.69) is 20.4 Å². The minimum Gasteiger partial charge on any atom is -0.468 e. The molecule has 1 N–H and O–H groups in total. The van der Waals surface area contributed by atoms with Crippen LogP contribution in [0.1, 0.15) is 30.9 Å². The van der Waals surface area contributed by atoms with E-state index < -0.39 is 18.8 Å². The summed E-state index contributed by atoms with van der Waals surface area (Å²) < 4.78 is 43.5. The topological polar surface area (TPSA) is 102 Å². The van der Waals surface area contributed by atoms with E-state index in [4.69, 9.17) is 4.74 Å². The van der Waals surface area contributed by atoms with Gasteiger partial charge in [0.15, 0.2) is 6.61 Å². The second-order valence-corrected chi connectivity index (χ2v) is 8.15. The Morgan fingerprint density at radius 3 is 2.79 bits per heavy atom. The summed E-state index contributed by atoms with van der Waals surface area (Å²) in [4.78, 5) is 34.4. The Balaban J connectivity index is 1.49. The third-order valence-electron chi connectivity index (χ3n) is 5.49. The first kappa shape index (κ1) is 23.5. The van der Waals surface area contributed by atoms with Crippen molar-refractivity contribution in [2.75, 3.05) is 18.5 Å². The highest BCUT2D eigenvalue weighted by Gasteiger charge is 2.33. The van der Waals surface area contributed by atoms with E-state index in [0.717, 1.165) is 6.42 Å². The molecule has 0 aromatic carbocycles. The molecule has 0 radical (unpaired) electrons. The monoisotopic (exact) mass is 476 g/mol. The van der Waals surface area contributed by atoms with E-state index in [1.54, 1.807) is 34.8 Å². The summed E-state index contributed by atoms with van der Waals surface area (Å²) in [5.74, 6) is -0.174. The van der Waals surface area contributed by atoms with E-state index in [1.165, 1.54) is 19.3 Å². The number of carbonyl (C=O) groups excluding carboxylic acids is 2. The van der Waals surface area contributed by atoms with Crippen molar-refractivity contribution >= 4 is 28.5 Å². The predicted octanol–water partition coefficient (Wildman–Crippen LogP) is 3.07. The van der Waals surface area contributed by atoms with Gasteiger partial charge in [-0.2, -0.15) is 18.3 Å². The van der Waals surface area contributed by atoms with Crippen LogP contribution in [0.3, 0.4) is 0 Å². The first-order valence-electron chi connectivity index (χ1n) is 10.7. The van der Waals surface area contributed by atoms with Crippen LogP contribution in [0.4, 0.5) is 19.0 Å². The molecule has 0 aliphatic carbocycles. The van der Waals surface area contributed by atoms with E-state index >= 15 is 0 Å². The number of rotatable bonds is 6. The van der Waals surface area contributed by atoms with Gasteiger partial charge in [0.2, 0.25) is 17.7 Å². The molecule has 180 valence electrons. The number of nitrogens with one attached hydrogen (secondary N) is 1. The van der Waals surface area contributed by atoms with Gasteiger partial charge in [0.1, 0.15) is 11.9 Å². The first-order valence-corrected chi connectivity index (χ1v) is 10.7. The molecule has 0 bridgehead atoms. The quantitative estimate of drug-likeness (QED) is 0.587. The third kappa shape index (κ3) is 5.26. The molecule has 1 aliphatic rings. The van der Waals surface area contributed by atoms with Crippen LogP contribution in [-0.2, 0) is 16.1 Å². The number of halogens is 3. The Labute approximate surface area is 192 Å². The molecule has 0 spiro atoms. The number of amides is 2. The number of nitrogens with zero attached hydrogens (tertiary/aromatic N) is 5. The highest BCUT2D eigenvalue weighted by atomic mass is 19.4. The summed E-state index contributed by atoms with van der Waals surface area (Å²) in [6.07, 6.45) is 1.61. The van der Waals surface area contributed by atoms with Gasteiger partial charge >= 0.3 is 6.18 Å². The lowest BCUT2D eigenvalue weighted by Crippen LogP contribution is -2.42. The number of carbonyl (C=O) groups is 2. The molecule has 3 aromatic heterocycles. The van der Waals surface area contributed by atoms with Crippen molar-refractivity contribution in [2.45, 2.75) is 45.5 Å². The standard InChI is InChI=1S/C22H23F3N6O3/c1-13-8-15(9-27-21(13)34-12-22(23,24)25)10-30-11-16-17(29-30)5-6-26-19(16)28-20(33)18-4-3-7-31(18)14(2)32/h5-6,8-9,11,18H,3-4,7,10,12H2,1-2H3,(H,26,28,33)/t18-/m1/s1. The molecule has 1 fully saturated rings. The Morgan fingerprint density at radius 1 is 1.29 bits per heavy atom. The maximum absolute atomic E-state index is 12.8. The summed E-state index contributed by atoms with van der Waals surface area (Å²) in [5.41, 5.74) is 1.79. The molecule has 1 aliphatic heterocycles. The number of ether oxygens (including phenoxy) is 1. The van der Waals surface area contributed by atoms with E-state index in [0.29, 0.717) is 47.4 Å². The highest BCUT2D eigenvalue weighted by Crippen LogP contribution is 2.24. The summed E-state index contributed by atoms with van der Waals surface area (Å²) in [6, 6.07) is 2.86. The number of fused-ring (bicyclic) bond motifs is 1. The van der Waals surface area contributed by atoms with Gasteiger partial charge in [-0.15, -0.1) is 0 Å². The van der Waals surface area contributed by atoms with Crippen LogP contribution in [0, 0.1) is 6.92 Å². The van der Waals surface area contributed by atoms with Crippen molar-refractivity contribution in [3.63, 3.8) is 0 Å². The van der Waals surface area contributed by atoms with Gasteiger partial charge in [-0.25, -0.2) is 9.97 Å². The molecule has 9 nitrogen and oxygen atoms in total. The molecule has 2 amide bonds. The van der Waals surface area contributed by atoms with Crippen molar-refractivity contribution in [3.8, 4) is 5.88 Å². The Hall–Kier alpha value is -3.70. The summed E-state index contributed by atoms with van der Waals surface area (Å²) in [6.45, 7) is 2.51. The number of hydrogen-bond acceptors (Lipinski definition) is 6. The second-order valence-electron chi connectivity index (χ2n) is 8.15. The van der Waals surface area contributed by atoms with Crippen LogP contribution >= 0.6 is 0 Å². The van der Waals surface area contributed by atoms with Gasteiger partial charge in [0.05, 0.1) is 17.4 Å². The van der Waals surface area contributed by atoms with Crippen molar-refractivity contribution in [2.24, 2.45) is 0 Å². The predicted molar refractivity (Wildman–Crippen MR) is 116 cm³/mol. The molecule has 1 atom stereocenters. The average Bonchev–Trinajstić information content (AvgIpc) is 3.40. The van der Waals surface area contributed by atoms with E-state index in [-0.39, 0.29) is 17.7 Å². The molecule has 4 heterocycles. The van der Waals surface area contributed by atoms with Crippen molar-refractivity contribution in [1.29, 1.82) is 0 Å². The van der Waals surface area contributed by atoms with Crippen LogP contribution in [0.5, 0.6) is 5.88 Å². The minimum absolute atomic E-state index is 0.0765. The van der Waals surface area contributed by atoms with E-state index in [1.807, 2.05) is 0 Å². The lowest BCUT2D eigenvalue weighted by atomic mass is 10.2. The number of alkyl halides is 3. The molecule has 4 rings (SSSR count). The van der Waals surface area contributed by atoms with Crippen LogP contribution < -0.4 is 10.1 Å². The Morgan fingerprint density at radius 2 is 2.09 bits per heavy atom. The fourth-order valence-electron chi connectivity index (χ4n) is 3.99. The molecule has 12 heteroatoms. The Kier molecular flexibility index (Phi) is 6.40. The van der Waals surface area contributed by atoms with Crippen LogP contribution in [0.25, 0.3) is 10.9 Å². The zero-order valence-electron chi connectivity index (χ0n) is 18.6. The number of anilines is 1.